The zero-order valence-electron chi connectivity index (χ0n) is 10.6. The average Bonchev–Trinajstić information content (AvgIpc) is 2.67. The van der Waals surface area contributed by atoms with Gasteiger partial charge < -0.3 is 4.42 Å². The zero-order valence-corrected chi connectivity index (χ0v) is 11.4. The lowest BCUT2D eigenvalue weighted by atomic mass is 10.0. The second kappa shape index (κ2) is 5.22. The van der Waals surface area contributed by atoms with Gasteiger partial charge in [-0.3, -0.25) is 4.79 Å². The van der Waals surface area contributed by atoms with E-state index in [2.05, 4.69) is 6.08 Å². The van der Waals surface area contributed by atoms with E-state index in [4.69, 9.17) is 16.0 Å². The minimum absolute atomic E-state index is 0.00849. The molecule has 2 nitrogen and oxygen atoms in total. The Kier molecular flexibility index (Phi) is 3.43. The summed E-state index contributed by atoms with van der Waals surface area (Å²) in [6, 6.07) is 7.32. The van der Waals surface area contributed by atoms with Crippen LogP contribution in [0.15, 0.2) is 40.3 Å². The Hall–Kier alpha value is -1.54. The Balaban J connectivity index is 1.97. The second-order valence-electron chi connectivity index (χ2n) is 4.93. The molecule has 1 aliphatic carbocycles. The SMILES string of the molecule is O=C(C1=CCCCCC1)c1cc2cccc(Cl)c2o1. The monoisotopic (exact) mass is 274 g/mol. The van der Waals surface area contributed by atoms with E-state index in [9.17, 15) is 4.79 Å². The molecule has 0 spiro atoms. The first-order chi connectivity index (χ1) is 9.25. The molecule has 3 heteroatoms. The van der Waals surface area contributed by atoms with Crippen LogP contribution in [0.2, 0.25) is 5.02 Å². The van der Waals surface area contributed by atoms with Gasteiger partial charge in [0.25, 0.3) is 0 Å². The Morgan fingerprint density at radius 1 is 1.21 bits per heavy atom. The molecule has 1 aromatic heterocycles. The molecule has 0 bridgehead atoms. The van der Waals surface area contributed by atoms with Gasteiger partial charge in [-0.15, -0.1) is 0 Å². The number of allylic oxidation sites excluding steroid dienone is 2. The van der Waals surface area contributed by atoms with Gasteiger partial charge in [-0.1, -0.05) is 36.2 Å². The summed E-state index contributed by atoms with van der Waals surface area (Å²) >= 11 is 6.07. The van der Waals surface area contributed by atoms with Crippen molar-refractivity contribution in [3.8, 4) is 0 Å². The first-order valence-corrected chi connectivity index (χ1v) is 7.05. The number of hydrogen-bond donors (Lipinski definition) is 0. The molecule has 0 atom stereocenters. The van der Waals surface area contributed by atoms with Gasteiger partial charge in [0.15, 0.2) is 11.3 Å². The van der Waals surface area contributed by atoms with Crippen LogP contribution >= 0.6 is 11.6 Å². The zero-order chi connectivity index (χ0) is 13.2. The molecule has 1 heterocycles. The van der Waals surface area contributed by atoms with Crippen molar-refractivity contribution in [1.29, 1.82) is 0 Å². The number of carbonyl (C=O) groups is 1. The maximum Gasteiger partial charge on any atom is 0.223 e. The van der Waals surface area contributed by atoms with E-state index in [1.807, 2.05) is 12.1 Å². The average molecular weight is 275 g/mol. The van der Waals surface area contributed by atoms with Crippen LogP contribution in [-0.2, 0) is 0 Å². The van der Waals surface area contributed by atoms with Gasteiger partial charge >= 0.3 is 0 Å². The molecule has 3 rings (SSSR count). The predicted octanol–water partition coefficient (Wildman–Crippen LogP) is 5.16. The van der Waals surface area contributed by atoms with Crippen LogP contribution in [-0.4, -0.2) is 5.78 Å². The third-order valence-electron chi connectivity index (χ3n) is 3.55. The number of Topliss-reactive ketones (excluding diaryl/α,β-unsaturated/α-hetero) is 1. The Bertz CT molecular complexity index is 652. The lowest BCUT2D eigenvalue weighted by molar-refractivity contribution is 0.100. The molecule has 2 aromatic rings. The first-order valence-electron chi connectivity index (χ1n) is 6.67. The van der Waals surface area contributed by atoms with E-state index < -0.39 is 0 Å². The molecular weight excluding hydrogens is 260 g/mol. The highest BCUT2D eigenvalue weighted by Gasteiger charge is 2.18. The number of ketones is 1. The summed E-state index contributed by atoms with van der Waals surface area (Å²) in [5.41, 5.74) is 1.48. The van der Waals surface area contributed by atoms with Crippen LogP contribution in [0, 0.1) is 0 Å². The van der Waals surface area contributed by atoms with Crippen LogP contribution in [0.3, 0.4) is 0 Å². The van der Waals surface area contributed by atoms with Crippen molar-refractivity contribution in [1.82, 2.24) is 0 Å². The summed E-state index contributed by atoms with van der Waals surface area (Å²) in [7, 11) is 0. The van der Waals surface area contributed by atoms with E-state index >= 15 is 0 Å². The van der Waals surface area contributed by atoms with Crippen molar-refractivity contribution >= 4 is 28.4 Å². The molecule has 0 N–H and O–H groups in total. The van der Waals surface area contributed by atoms with Crippen molar-refractivity contribution in [3.63, 3.8) is 0 Å². The summed E-state index contributed by atoms with van der Waals surface area (Å²) in [5, 5.41) is 1.43. The van der Waals surface area contributed by atoms with Gasteiger partial charge in [0.2, 0.25) is 5.78 Å². The molecule has 0 fully saturated rings. The molecule has 0 saturated heterocycles. The van der Waals surface area contributed by atoms with Crippen molar-refractivity contribution in [2.45, 2.75) is 32.1 Å². The minimum Gasteiger partial charge on any atom is -0.451 e. The largest absolute Gasteiger partial charge is 0.451 e. The fourth-order valence-corrected chi connectivity index (χ4v) is 2.74. The van der Waals surface area contributed by atoms with Crippen LogP contribution in [0.4, 0.5) is 0 Å². The summed E-state index contributed by atoms with van der Waals surface area (Å²) in [5.74, 6) is 0.408. The summed E-state index contributed by atoms with van der Waals surface area (Å²) < 4.78 is 5.63. The summed E-state index contributed by atoms with van der Waals surface area (Å²) in [6.07, 6.45) is 7.34. The Labute approximate surface area is 117 Å². The van der Waals surface area contributed by atoms with Gasteiger partial charge in [0, 0.05) is 5.39 Å². The number of furan rings is 1. The number of carbonyl (C=O) groups excluding carboxylic acids is 1. The maximum atomic E-state index is 12.4. The van der Waals surface area contributed by atoms with Gasteiger partial charge in [0.1, 0.15) is 0 Å². The fourth-order valence-electron chi connectivity index (χ4n) is 2.52. The highest BCUT2D eigenvalue weighted by molar-refractivity contribution is 6.35. The molecule has 0 aliphatic heterocycles. The Morgan fingerprint density at radius 2 is 2.11 bits per heavy atom. The van der Waals surface area contributed by atoms with Gasteiger partial charge in [-0.05, 0) is 43.4 Å². The lowest BCUT2D eigenvalue weighted by Gasteiger charge is -2.00. The summed E-state index contributed by atoms with van der Waals surface area (Å²) in [6.45, 7) is 0. The quantitative estimate of drug-likeness (QED) is 0.708. The molecule has 98 valence electrons. The van der Waals surface area contributed by atoms with Crippen LogP contribution in [0.25, 0.3) is 11.0 Å². The van der Waals surface area contributed by atoms with E-state index in [1.54, 1.807) is 12.1 Å². The molecule has 19 heavy (non-hydrogen) atoms. The number of fused-ring (bicyclic) bond motifs is 1. The van der Waals surface area contributed by atoms with Crippen molar-refractivity contribution in [2.24, 2.45) is 0 Å². The van der Waals surface area contributed by atoms with E-state index in [1.165, 1.54) is 12.8 Å². The first kappa shape index (κ1) is 12.5. The third-order valence-corrected chi connectivity index (χ3v) is 3.85. The van der Waals surface area contributed by atoms with Crippen LogP contribution < -0.4 is 0 Å². The maximum absolute atomic E-state index is 12.4. The highest BCUT2D eigenvalue weighted by atomic mass is 35.5. The molecule has 1 aliphatic rings. The van der Waals surface area contributed by atoms with E-state index in [0.29, 0.717) is 16.4 Å². The molecular formula is C16H15ClO2. The van der Waals surface area contributed by atoms with E-state index in [-0.39, 0.29) is 5.78 Å². The van der Waals surface area contributed by atoms with Crippen LogP contribution in [0.1, 0.15) is 42.7 Å². The topological polar surface area (TPSA) is 30.2 Å². The van der Waals surface area contributed by atoms with E-state index in [0.717, 1.165) is 30.2 Å². The lowest BCUT2D eigenvalue weighted by Crippen LogP contribution is -2.01. The van der Waals surface area contributed by atoms with Gasteiger partial charge in [-0.25, -0.2) is 0 Å². The van der Waals surface area contributed by atoms with Crippen molar-refractivity contribution < 1.29 is 9.21 Å². The second-order valence-corrected chi connectivity index (χ2v) is 5.33. The van der Waals surface area contributed by atoms with Crippen molar-refractivity contribution in [2.75, 3.05) is 0 Å². The van der Waals surface area contributed by atoms with Crippen molar-refractivity contribution in [3.05, 3.63) is 46.7 Å². The fraction of sp³-hybridized carbons (Fsp3) is 0.312. The van der Waals surface area contributed by atoms with Gasteiger partial charge in [-0.2, -0.15) is 0 Å². The summed E-state index contributed by atoms with van der Waals surface area (Å²) in [4.78, 5) is 12.4. The standard InChI is InChI=1S/C16H15ClO2/c17-13-9-5-8-12-10-14(19-16(12)13)15(18)11-6-3-1-2-4-7-11/h5-6,8-10H,1-4,7H2. The normalized spacial score (nSPS) is 16.2. The molecule has 1 aromatic carbocycles. The molecule has 0 saturated carbocycles. The van der Waals surface area contributed by atoms with Crippen LogP contribution in [0.5, 0.6) is 0 Å². The number of hydrogen-bond acceptors (Lipinski definition) is 2. The number of halogens is 1. The smallest absolute Gasteiger partial charge is 0.223 e. The number of para-hydroxylation sites is 1. The predicted molar refractivity (Wildman–Crippen MR) is 76.7 cm³/mol. The highest BCUT2D eigenvalue weighted by Crippen LogP contribution is 2.29. The molecule has 0 unspecified atom stereocenters. The molecule has 0 radical (unpaired) electrons. The number of rotatable bonds is 2. The Morgan fingerprint density at radius 3 is 2.95 bits per heavy atom. The molecule has 0 amide bonds. The van der Waals surface area contributed by atoms with Gasteiger partial charge in [0.05, 0.1) is 5.02 Å². The number of benzene rings is 1. The third kappa shape index (κ3) is 2.45. The minimum atomic E-state index is 0.00849.